The number of hydrogen-bond donors (Lipinski definition) is 1. The molecule has 7 heteroatoms. The molecule has 0 heterocycles. The standard InChI is InChI=1S/C20H39NO6/c1-17(2,3)26-15(22)21(16(23)27-18(4,5)6)13-11-20(9,10)25-14-12-19(7,8)24/h24H,11-14H2,1-10H3. The summed E-state index contributed by atoms with van der Waals surface area (Å²) in [6.45, 7) is 18.1. The van der Waals surface area contributed by atoms with Crippen LogP contribution >= 0.6 is 0 Å². The Bertz CT molecular complexity index is 466. The Morgan fingerprint density at radius 3 is 1.52 bits per heavy atom. The van der Waals surface area contributed by atoms with Gasteiger partial charge >= 0.3 is 12.2 Å². The van der Waals surface area contributed by atoms with E-state index in [2.05, 4.69) is 0 Å². The number of amides is 2. The summed E-state index contributed by atoms with van der Waals surface area (Å²) in [6.07, 6.45) is -0.608. The Morgan fingerprint density at radius 2 is 1.19 bits per heavy atom. The van der Waals surface area contributed by atoms with Gasteiger partial charge in [-0.15, -0.1) is 0 Å². The highest BCUT2D eigenvalue weighted by Crippen LogP contribution is 2.20. The Morgan fingerprint density at radius 1 is 0.778 bits per heavy atom. The molecule has 0 spiro atoms. The van der Waals surface area contributed by atoms with Gasteiger partial charge in [0, 0.05) is 6.54 Å². The molecule has 0 bridgehead atoms. The highest BCUT2D eigenvalue weighted by atomic mass is 16.6. The van der Waals surface area contributed by atoms with Crippen LogP contribution in [-0.2, 0) is 14.2 Å². The Hall–Kier alpha value is -1.34. The quantitative estimate of drug-likeness (QED) is 0.690. The minimum absolute atomic E-state index is 0.0966. The molecule has 0 aromatic heterocycles. The van der Waals surface area contributed by atoms with Crippen LogP contribution in [0.3, 0.4) is 0 Å². The number of imide groups is 1. The van der Waals surface area contributed by atoms with E-state index in [-0.39, 0.29) is 6.54 Å². The molecule has 0 saturated carbocycles. The maximum absolute atomic E-state index is 12.5. The monoisotopic (exact) mass is 389 g/mol. The molecule has 1 N–H and O–H groups in total. The van der Waals surface area contributed by atoms with Crippen molar-refractivity contribution < 1.29 is 28.9 Å². The van der Waals surface area contributed by atoms with Gasteiger partial charge in [-0.2, -0.15) is 0 Å². The molecule has 0 aromatic carbocycles. The van der Waals surface area contributed by atoms with Crippen molar-refractivity contribution in [3.63, 3.8) is 0 Å². The third-order valence-corrected chi connectivity index (χ3v) is 3.37. The molecule has 0 aromatic rings. The number of aliphatic hydroxyl groups is 1. The van der Waals surface area contributed by atoms with Gasteiger partial charge in [0.05, 0.1) is 17.8 Å². The fourth-order valence-electron chi connectivity index (χ4n) is 1.92. The molecule has 0 radical (unpaired) electrons. The summed E-state index contributed by atoms with van der Waals surface area (Å²) in [5.41, 5.74) is -2.85. The van der Waals surface area contributed by atoms with E-state index in [4.69, 9.17) is 14.2 Å². The zero-order chi connectivity index (χ0) is 21.7. The van der Waals surface area contributed by atoms with Gasteiger partial charge in [-0.25, -0.2) is 14.5 Å². The number of nitrogens with zero attached hydrogens (tertiary/aromatic N) is 1. The first-order valence-corrected chi connectivity index (χ1v) is 9.41. The van der Waals surface area contributed by atoms with Crippen LogP contribution in [0.4, 0.5) is 9.59 Å². The highest BCUT2D eigenvalue weighted by molar-refractivity contribution is 5.88. The van der Waals surface area contributed by atoms with Crippen LogP contribution in [-0.4, -0.2) is 57.7 Å². The minimum atomic E-state index is -0.810. The maximum atomic E-state index is 12.5. The summed E-state index contributed by atoms with van der Waals surface area (Å²) in [4.78, 5) is 25.9. The number of rotatable bonds is 7. The molecule has 0 saturated heterocycles. The second-order valence-corrected chi connectivity index (χ2v) is 10.0. The van der Waals surface area contributed by atoms with Gasteiger partial charge in [-0.1, -0.05) is 0 Å². The number of carbonyl (C=O) groups is 2. The van der Waals surface area contributed by atoms with Crippen LogP contribution in [0.2, 0.25) is 0 Å². The van der Waals surface area contributed by atoms with Crippen molar-refractivity contribution in [3.05, 3.63) is 0 Å². The average Bonchev–Trinajstić information content (AvgIpc) is 2.31. The lowest BCUT2D eigenvalue weighted by Gasteiger charge is -2.32. The zero-order valence-corrected chi connectivity index (χ0v) is 18.8. The van der Waals surface area contributed by atoms with Crippen LogP contribution in [0.25, 0.3) is 0 Å². The van der Waals surface area contributed by atoms with Crippen molar-refractivity contribution in [2.45, 2.75) is 104 Å². The molecule has 160 valence electrons. The van der Waals surface area contributed by atoms with Gasteiger partial charge in [0.1, 0.15) is 11.2 Å². The summed E-state index contributed by atoms with van der Waals surface area (Å²) in [5, 5.41) is 9.78. The van der Waals surface area contributed by atoms with Gasteiger partial charge in [0.2, 0.25) is 0 Å². The third-order valence-electron chi connectivity index (χ3n) is 3.37. The molecule has 27 heavy (non-hydrogen) atoms. The molecule has 0 atom stereocenters. The SMILES string of the molecule is CC(C)(O)CCOC(C)(C)CCN(C(=O)OC(C)(C)C)C(=O)OC(C)(C)C. The number of carbonyl (C=O) groups excluding carboxylic acids is 2. The topological polar surface area (TPSA) is 85.3 Å². The smallest absolute Gasteiger partial charge is 0.419 e. The van der Waals surface area contributed by atoms with Crippen LogP contribution in [0.1, 0.15) is 82.1 Å². The predicted molar refractivity (Wildman–Crippen MR) is 105 cm³/mol. The number of hydrogen-bond acceptors (Lipinski definition) is 6. The lowest BCUT2D eigenvalue weighted by Crippen LogP contribution is -2.45. The summed E-state index contributed by atoms with van der Waals surface area (Å²) in [5.74, 6) is 0. The summed E-state index contributed by atoms with van der Waals surface area (Å²) < 4.78 is 16.5. The third kappa shape index (κ3) is 13.5. The Balaban J connectivity index is 5.02. The first-order chi connectivity index (χ1) is 11.8. The summed E-state index contributed by atoms with van der Waals surface area (Å²) in [7, 11) is 0. The van der Waals surface area contributed by atoms with Crippen LogP contribution < -0.4 is 0 Å². The van der Waals surface area contributed by atoms with Gasteiger partial charge in [-0.3, -0.25) is 0 Å². The second kappa shape index (κ2) is 9.24. The molecule has 0 rings (SSSR count). The lowest BCUT2D eigenvalue weighted by atomic mass is 10.0. The van der Waals surface area contributed by atoms with Crippen molar-refractivity contribution in [1.82, 2.24) is 4.90 Å². The minimum Gasteiger partial charge on any atom is -0.443 e. The normalized spacial score (nSPS) is 13.3. The Kier molecular flexibility index (Phi) is 8.78. The lowest BCUT2D eigenvalue weighted by molar-refractivity contribution is -0.0547. The van der Waals surface area contributed by atoms with Crippen molar-refractivity contribution in [2.24, 2.45) is 0 Å². The van der Waals surface area contributed by atoms with E-state index in [1.54, 1.807) is 55.4 Å². The average molecular weight is 390 g/mol. The molecule has 2 amide bonds. The van der Waals surface area contributed by atoms with Crippen LogP contribution in [0.15, 0.2) is 0 Å². The van der Waals surface area contributed by atoms with Crippen LogP contribution in [0, 0.1) is 0 Å². The van der Waals surface area contributed by atoms with Crippen molar-refractivity contribution in [3.8, 4) is 0 Å². The molecule has 0 fully saturated rings. The van der Waals surface area contributed by atoms with E-state index in [0.717, 1.165) is 4.90 Å². The van der Waals surface area contributed by atoms with Gasteiger partial charge in [0.15, 0.2) is 0 Å². The van der Waals surface area contributed by atoms with Crippen LogP contribution in [0.5, 0.6) is 0 Å². The fourth-order valence-corrected chi connectivity index (χ4v) is 1.92. The first kappa shape index (κ1) is 25.7. The van der Waals surface area contributed by atoms with Gasteiger partial charge in [-0.05, 0) is 82.1 Å². The van der Waals surface area contributed by atoms with Gasteiger partial charge in [0.25, 0.3) is 0 Å². The van der Waals surface area contributed by atoms with E-state index in [0.29, 0.717) is 19.4 Å². The van der Waals surface area contributed by atoms with Crippen molar-refractivity contribution in [1.29, 1.82) is 0 Å². The largest absolute Gasteiger partial charge is 0.443 e. The van der Waals surface area contributed by atoms with Crippen molar-refractivity contribution in [2.75, 3.05) is 13.2 Å². The summed E-state index contributed by atoms with van der Waals surface area (Å²) in [6, 6.07) is 0. The Labute approximate surface area is 164 Å². The van der Waals surface area contributed by atoms with E-state index < -0.39 is 34.6 Å². The van der Waals surface area contributed by atoms with E-state index in [9.17, 15) is 14.7 Å². The first-order valence-electron chi connectivity index (χ1n) is 9.41. The summed E-state index contributed by atoms with van der Waals surface area (Å²) >= 11 is 0. The van der Waals surface area contributed by atoms with E-state index in [1.165, 1.54) is 0 Å². The fraction of sp³-hybridized carbons (Fsp3) is 0.900. The molecule has 0 aliphatic carbocycles. The second-order valence-electron chi connectivity index (χ2n) is 10.0. The molecular weight excluding hydrogens is 350 g/mol. The predicted octanol–water partition coefficient (Wildman–Crippen LogP) is 4.50. The molecule has 0 aliphatic rings. The van der Waals surface area contributed by atoms with E-state index >= 15 is 0 Å². The van der Waals surface area contributed by atoms with Gasteiger partial charge < -0.3 is 19.3 Å². The molecule has 0 aliphatic heterocycles. The zero-order valence-electron chi connectivity index (χ0n) is 18.8. The highest BCUT2D eigenvalue weighted by Gasteiger charge is 2.33. The maximum Gasteiger partial charge on any atom is 0.419 e. The van der Waals surface area contributed by atoms with E-state index in [1.807, 2.05) is 13.8 Å². The number of ether oxygens (including phenoxy) is 3. The molecular formula is C20H39NO6. The van der Waals surface area contributed by atoms with Crippen molar-refractivity contribution >= 4 is 12.2 Å². The molecule has 0 unspecified atom stereocenters. The molecule has 7 nitrogen and oxygen atoms in total.